The number of amides is 1. The lowest BCUT2D eigenvalue weighted by atomic mass is 10.1. The second kappa shape index (κ2) is 8.47. The molecule has 1 amide bonds. The number of carbonyl (C=O) groups is 1. The summed E-state index contributed by atoms with van der Waals surface area (Å²) in [5.74, 6) is 0.0124. The average Bonchev–Trinajstić information content (AvgIpc) is 3.24. The second-order valence-corrected chi connectivity index (χ2v) is 6.61. The Labute approximate surface area is 147 Å². The minimum absolute atomic E-state index is 0. The largest absolute Gasteiger partial charge is 0.332 e. The molecule has 5 nitrogen and oxygen atoms in total. The Morgan fingerprint density at radius 3 is 3.04 bits per heavy atom. The molecule has 7 heteroatoms. The van der Waals surface area contributed by atoms with Crippen molar-refractivity contribution < 1.29 is 4.79 Å². The fourth-order valence-electron chi connectivity index (χ4n) is 2.79. The van der Waals surface area contributed by atoms with Gasteiger partial charge in [0.25, 0.3) is 5.91 Å². The highest BCUT2D eigenvalue weighted by molar-refractivity contribution is 7.09. The molecule has 0 radical (unpaired) electrons. The van der Waals surface area contributed by atoms with Gasteiger partial charge in [0.15, 0.2) is 0 Å². The highest BCUT2D eigenvalue weighted by atomic mass is 35.5. The molecular formula is C16H23ClN4OS. The van der Waals surface area contributed by atoms with E-state index in [2.05, 4.69) is 16.5 Å². The Kier molecular flexibility index (Phi) is 6.62. The second-order valence-electron chi connectivity index (χ2n) is 5.58. The quantitative estimate of drug-likeness (QED) is 0.898. The monoisotopic (exact) mass is 354 g/mol. The topological polar surface area (TPSA) is 50.2 Å². The van der Waals surface area contributed by atoms with Gasteiger partial charge < -0.3 is 10.2 Å². The molecule has 1 aliphatic heterocycles. The van der Waals surface area contributed by atoms with Crippen LogP contribution in [-0.2, 0) is 6.54 Å². The molecule has 1 unspecified atom stereocenters. The maximum absolute atomic E-state index is 12.6. The molecule has 23 heavy (non-hydrogen) atoms. The van der Waals surface area contributed by atoms with Gasteiger partial charge in [-0.05, 0) is 43.8 Å². The zero-order valence-electron chi connectivity index (χ0n) is 13.3. The molecule has 2 aromatic heterocycles. The molecule has 3 rings (SSSR count). The molecule has 126 valence electrons. The van der Waals surface area contributed by atoms with Crippen LogP contribution in [0.15, 0.2) is 29.8 Å². The summed E-state index contributed by atoms with van der Waals surface area (Å²) < 4.78 is 1.94. The molecule has 2 aromatic rings. The number of hydrogen-bond donors (Lipinski definition) is 1. The Hall–Kier alpha value is -1.37. The first-order valence-electron chi connectivity index (χ1n) is 7.85. The standard InChI is InChI=1S/C16H22N4OS.ClH/c1-2-19(12-14-6-4-10-22-14)16(21)15-7-9-20(18-15)13-5-3-8-17-11-13;/h4,6-7,9-10,13,17H,2-3,5,8,11-12H2,1H3;1H. The van der Waals surface area contributed by atoms with Crippen molar-refractivity contribution in [2.45, 2.75) is 32.4 Å². The van der Waals surface area contributed by atoms with Crippen molar-refractivity contribution in [2.75, 3.05) is 19.6 Å². The number of halogens is 1. The van der Waals surface area contributed by atoms with Crippen molar-refractivity contribution in [2.24, 2.45) is 0 Å². The number of hydrogen-bond acceptors (Lipinski definition) is 4. The van der Waals surface area contributed by atoms with Gasteiger partial charge in [-0.1, -0.05) is 6.07 Å². The predicted octanol–water partition coefficient (Wildman–Crippen LogP) is 2.95. The smallest absolute Gasteiger partial charge is 0.274 e. The van der Waals surface area contributed by atoms with Crippen molar-refractivity contribution in [1.82, 2.24) is 20.0 Å². The molecule has 0 aromatic carbocycles. The van der Waals surface area contributed by atoms with Crippen LogP contribution in [0.2, 0.25) is 0 Å². The van der Waals surface area contributed by atoms with Crippen LogP contribution in [0.1, 0.15) is 41.2 Å². The summed E-state index contributed by atoms with van der Waals surface area (Å²) in [5, 5.41) is 9.94. The number of rotatable bonds is 5. The Morgan fingerprint density at radius 2 is 2.39 bits per heavy atom. The number of thiophene rings is 1. The summed E-state index contributed by atoms with van der Waals surface area (Å²) in [5.41, 5.74) is 0.545. The Bertz CT molecular complexity index is 607. The van der Waals surface area contributed by atoms with E-state index in [9.17, 15) is 4.79 Å². The van der Waals surface area contributed by atoms with Gasteiger partial charge in [-0.15, -0.1) is 23.7 Å². The first kappa shape index (κ1) is 18.0. The lowest BCUT2D eigenvalue weighted by Crippen LogP contribution is -2.33. The molecule has 0 spiro atoms. The van der Waals surface area contributed by atoms with Gasteiger partial charge in [-0.2, -0.15) is 5.10 Å². The SMILES string of the molecule is CCN(Cc1cccs1)C(=O)c1ccn(C2CCCNC2)n1.Cl. The summed E-state index contributed by atoms with van der Waals surface area (Å²) in [6.07, 6.45) is 4.21. The number of aromatic nitrogens is 2. The fourth-order valence-corrected chi connectivity index (χ4v) is 3.51. The van der Waals surface area contributed by atoms with Gasteiger partial charge in [0, 0.05) is 24.2 Å². The van der Waals surface area contributed by atoms with E-state index >= 15 is 0 Å². The van der Waals surface area contributed by atoms with Gasteiger partial charge in [0.2, 0.25) is 0 Å². The van der Waals surface area contributed by atoms with Gasteiger partial charge in [0.1, 0.15) is 5.69 Å². The van der Waals surface area contributed by atoms with Gasteiger partial charge >= 0.3 is 0 Å². The van der Waals surface area contributed by atoms with Crippen molar-refractivity contribution >= 4 is 29.7 Å². The molecule has 0 aliphatic carbocycles. The van der Waals surface area contributed by atoms with E-state index in [1.54, 1.807) is 11.3 Å². The van der Waals surface area contributed by atoms with Crippen molar-refractivity contribution in [1.29, 1.82) is 0 Å². The lowest BCUT2D eigenvalue weighted by Gasteiger charge is -2.23. The van der Waals surface area contributed by atoms with E-state index in [1.807, 2.05) is 40.2 Å². The van der Waals surface area contributed by atoms with E-state index in [4.69, 9.17) is 0 Å². The molecular weight excluding hydrogens is 332 g/mol. The highest BCUT2D eigenvalue weighted by Crippen LogP contribution is 2.17. The van der Waals surface area contributed by atoms with E-state index in [0.717, 1.165) is 25.9 Å². The summed E-state index contributed by atoms with van der Waals surface area (Å²) >= 11 is 1.68. The van der Waals surface area contributed by atoms with Crippen LogP contribution in [-0.4, -0.2) is 40.2 Å². The van der Waals surface area contributed by atoms with E-state index in [0.29, 0.717) is 24.8 Å². The Balaban J connectivity index is 0.00000192. The van der Waals surface area contributed by atoms with Crippen LogP contribution < -0.4 is 5.32 Å². The molecule has 1 saturated heterocycles. The lowest BCUT2D eigenvalue weighted by molar-refractivity contribution is 0.0746. The molecule has 3 heterocycles. The average molecular weight is 355 g/mol. The van der Waals surface area contributed by atoms with Crippen molar-refractivity contribution in [3.05, 3.63) is 40.3 Å². The van der Waals surface area contributed by atoms with Crippen LogP contribution in [0.3, 0.4) is 0 Å². The molecule has 1 aliphatic rings. The Morgan fingerprint density at radius 1 is 1.52 bits per heavy atom. The van der Waals surface area contributed by atoms with Crippen LogP contribution in [0.4, 0.5) is 0 Å². The molecule has 1 fully saturated rings. The maximum atomic E-state index is 12.6. The van der Waals surface area contributed by atoms with Crippen LogP contribution in [0.5, 0.6) is 0 Å². The van der Waals surface area contributed by atoms with Crippen molar-refractivity contribution in [3.63, 3.8) is 0 Å². The van der Waals surface area contributed by atoms with Gasteiger partial charge in [0.05, 0.1) is 12.6 Å². The zero-order chi connectivity index (χ0) is 15.4. The third-order valence-corrected chi connectivity index (χ3v) is 4.93. The molecule has 0 bridgehead atoms. The predicted molar refractivity (Wildman–Crippen MR) is 95.3 cm³/mol. The number of carbonyl (C=O) groups excluding carboxylic acids is 1. The van der Waals surface area contributed by atoms with Crippen LogP contribution in [0, 0.1) is 0 Å². The fraction of sp³-hybridized carbons (Fsp3) is 0.500. The highest BCUT2D eigenvalue weighted by Gasteiger charge is 2.20. The van der Waals surface area contributed by atoms with Crippen LogP contribution >= 0.6 is 23.7 Å². The first-order chi connectivity index (χ1) is 10.8. The zero-order valence-corrected chi connectivity index (χ0v) is 14.9. The van der Waals surface area contributed by atoms with Crippen LogP contribution in [0.25, 0.3) is 0 Å². The minimum atomic E-state index is 0. The molecule has 0 saturated carbocycles. The van der Waals surface area contributed by atoms with Gasteiger partial charge in [-0.3, -0.25) is 9.48 Å². The summed E-state index contributed by atoms with van der Waals surface area (Å²) in [7, 11) is 0. The first-order valence-corrected chi connectivity index (χ1v) is 8.73. The number of nitrogens with zero attached hydrogens (tertiary/aromatic N) is 3. The van der Waals surface area contributed by atoms with E-state index in [1.165, 1.54) is 4.88 Å². The number of nitrogens with one attached hydrogen (secondary N) is 1. The maximum Gasteiger partial charge on any atom is 0.274 e. The van der Waals surface area contributed by atoms with E-state index < -0.39 is 0 Å². The summed E-state index contributed by atoms with van der Waals surface area (Å²) in [6, 6.07) is 6.28. The summed E-state index contributed by atoms with van der Waals surface area (Å²) in [4.78, 5) is 15.7. The minimum Gasteiger partial charge on any atom is -0.332 e. The third kappa shape index (κ3) is 4.34. The number of piperidine rings is 1. The van der Waals surface area contributed by atoms with Crippen molar-refractivity contribution in [3.8, 4) is 0 Å². The van der Waals surface area contributed by atoms with Gasteiger partial charge in [-0.25, -0.2) is 0 Å². The summed E-state index contributed by atoms with van der Waals surface area (Å²) in [6.45, 7) is 5.36. The molecule has 1 N–H and O–H groups in total. The van der Waals surface area contributed by atoms with E-state index in [-0.39, 0.29) is 18.3 Å². The molecule has 1 atom stereocenters. The normalized spacial score (nSPS) is 17.5. The third-order valence-electron chi connectivity index (χ3n) is 4.07.